The molecule has 0 N–H and O–H groups in total. The van der Waals surface area contributed by atoms with E-state index in [4.69, 9.17) is 21.1 Å². The van der Waals surface area contributed by atoms with Crippen LogP contribution in [0.1, 0.15) is 44.0 Å². The van der Waals surface area contributed by atoms with Crippen LogP contribution in [0.5, 0.6) is 0 Å². The van der Waals surface area contributed by atoms with Crippen molar-refractivity contribution < 1.29 is 14.3 Å². The molecule has 112 valence electrons. The molecule has 20 heavy (non-hydrogen) atoms. The van der Waals surface area contributed by atoms with E-state index in [1.807, 2.05) is 0 Å². The fourth-order valence-electron chi connectivity index (χ4n) is 1.77. The molecule has 0 amide bonds. The summed E-state index contributed by atoms with van der Waals surface area (Å²) in [5, 5.41) is 0.530. The molecule has 1 atom stereocenters. The summed E-state index contributed by atoms with van der Waals surface area (Å²) >= 11 is 5.87. The van der Waals surface area contributed by atoms with Crippen molar-refractivity contribution >= 4 is 17.6 Å². The van der Waals surface area contributed by atoms with Crippen molar-refractivity contribution in [2.75, 3.05) is 13.2 Å². The van der Waals surface area contributed by atoms with Crippen molar-refractivity contribution in [3.05, 3.63) is 34.9 Å². The number of esters is 1. The van der Waals surface area contributed by atoms with Gasteiger partial charge in [0.25, 0.3) is 0 Å². The van der Waals surface area contributed by atoms with Crippen molar-refractivity contribution in [3.8, 4) is 0 Å². The number of benzene rings is 1. The minimum Gasteiger partial charge on any atom is -0.456 e. The van der Waals surface area contributed by atoms with Crippen LogP contribution in [0, 0.1) is 5.92 Å². The predicted octanol–water partition coefficient (Wildman–Crippen LogP) is 4.34. The molecule has 0 radical (unpaired) electrons. The van der Waals surface area contributed by atoms with E-state index in [-0.39, 0.29) is 12.1 Å². The van der Waals surface area contributed by atoms with Gasteiger partial charge in [0.15, 0.2) is 0 Å². The van der Waals surface area contributed by atoms with Gasteiger partial charge in [-0.05, 0) is 30.5 Å². The molecular formula is C16H23ClO3. The zero-order chi connectivity index (χ0) is 15.0. The summed E-state index contributed by atoms with van der Waals surface area (Å²) in [5.41, 5.74) is 0.475. The Morgan fingerprint density at radius 2 is 2.05 bits per heavy atom. The molecule has 1 aromatic rings. The summed E-state index contributed by atoms with van der Waals surface area (Å²) in [5.74, 6) is 0.125. The number of hydrogen-bond donors (Lipinski definition) is 0. The second-order valence-corrected chi connectivity index (χ2v) is 5.69. The first-order valence-corrected chi connectivity index (χ1v) is 7.45. The molecule has 1 unspecified atom stereocenters. The van der Waals surface area contributed by atoms with Crippen LogP contribution >= 0.6 is 11.6 Å². The zero-order valence-electron chi connectivity index (χ0n) is 12.4. The lowest BCUT2D eigenvalue weighted by atomic mass is 10.2. The van der Waals surface area contributed by atoms with Gasteiger partial charge in [-0.25, -0.2) is 4.79 Å². The standard InChI is InChI=1S/C16H23ClO3/c1-4-6-15(11-19-10-12(2)3)20-16(18)13-7-5-8-14(17)9-13/h5,7-9,12,15H,4,6,10-11H2,1-3H3. The fraction of sp³-hybridized carbons (Fsp3) is 0.562. The zero-order valence-corrected chi connectivity index (χ0v) is 13.2. The van der Waals surface area contributed by atoms with Crippen LogP contribution in [-0.2, 0) is 9.47 Å². The summed E-state index contributed by atoms with van der Waals surface area (Å²) in [6.45, 7) is 7.36. The quantitative estimate of drug-likeness (QED) is 0.670. The third-order valence-electron chi connectivity index (χ3n) is 2.70. The topological polar surface area (TPSA) is 35.5 Å². The molecule has 0 aliphatic carbocycles. The van der Waals surface area contributed by atoms with Gasteiger partial charge in [-0.2, -0.15) is 0 Å². The first-order chi connectivity index (χ1) is 9.52. The van der Waals surface area contributed by atoms with E-state index in [9.17, 15) is 4.79 Å². The van der Waals surface area contributed by atoms with Gasteiger partial charge < -0.3 is 9.47 Å². The minimum absolute atomic E-state index is 0.203. The van der Waals surface area contributed by atoms with Crippen LogP contribution in [-0.4, -0.2) is 25.3 Å². The van der Waals surface area contributed by atoms with Crippen molar-refractivity contribution in [2.45, 2.75) is 39.7 Å². The van der Waals surface area contributed by atoms with Gasteiger partial charge >= 0.3 is 5.97 Å². The van der Waals surface area contributed by atoms with Gasteiger partial charge in [0.1, 0.15) is 6.10 Å². The van der Waals surface area contributed by atoms with Crippen molar-refractivity contribution in [1.29, 1.82) is 0 Å². The van der Waals surface area contributed by atoms with E-state index < -0.39 is 0 Å². The number of rotatable bonds is 8. The Labute approximate surface area is 126 Å². The third-order valence-corrected chi connectivity index (χ3v) is 2.93. The summed E-state index contributed by atoms with van der Waals surface area (Å²) in [4.78, 5) is 12.0. The molecule has 0 saturated carbocycles. The van der Waals surface area contributed by atoms with E-state index in [1.54, 1.807) is 24.3 Å². The van der Waals surface area contributed by atoms with Crippen LogP contribution in [0.15, 0.2) is 24.3 Å². The van der Waals surface area contributed by atoms with Crippen LogP contribution in [0.3, 0.4) is 0 Å². The van der Waals surface area contributed by atoms with Gasteiger partial charge in [0.2, 0.25) is 0 Å². The average molecular weight is 299 g/mol. The van der Waals surface area contributed by atoms with Crippen molar-refractivity contribution in [1.82, 2.24) is 0 Å². The maximum atomic E-state index is 12.0. The Morgan fingerprint density at radius 3 is 2.65 bits per heavy atom. The average Bonchev–Trinajstić information content (AvgIpc) is 2.38. The Balaban J connectivity index is 2.53. The largest absolute Gasteiger partial charge is 0.456 e. The molecule has 0 aliphatic heterocycles. The summed E-state index contributed by atoms with van der Waals surface area (Å²) < 4.78 is 11.1. The molecule has 0 bridgehead atoms. The molecule has 4 heteroatoms. The highest BCUT2D eigenvalue weighted by Crippen LogP contribution is 2.14. The third kappa shape index (κ3) is 6.40. The predicted molar refractivity (Wildman–Crippen MR) is 81.2 cm³/mol. The van der Waals surface area contributed by atoms with Gasteiger partial charge in [0.05, 0.1) is 12.2 Å². The van der Waals surface area contributed by atoms with E-state index in [2.05, 4.69) is 20.8 Å². The van der Waals surface area contributed by atoms with Crippen LogP contribution in [0.2, 0.25) is 5.02 Å². The Kier molecular flexibility index (Phi) is 7.63. The number of halogens is 1. The second-order valence-electron chi connectivity index (χ2n) is 5.26. The molecule has 0 spiro atoms. The van der Waals surface area contributed by atoms with Crippen molar-refractivity contribution in [3.63, 3.8) is 0 Å². The lowest BCUT2D eigenvalue weighted by Gasteiger charge is -2.18. The van der Waals surface area contributed by atoms with E-state index in [0.717, 1.165) is 12.8 Å². The van der Waals surface area contributed by atoms with Crippen molar-refractivity contribution in [2.24, 2.45) is 5.92 Å². The molecule has 0 aliphatic rings. The van der Waals surface area contributed by atoms with E-state index >= 15 is 0 Å². The summed E-state index contributed by atoms with van der Waals surface area (Å²) in [6.07, 6.45) is 1.54. The van der Waals surface area contributed by atoms with Crippen LogP contribution in [0.25, 0.3) is 0 Å². The Hall–Kier alpha value is -1.06. The van der Waals surface area contributed by atoms with Gasteiger partial charge in [0, 0.05) is 11.6 Å². The smallest absolute Gasteiger partial charge is 0.338 e. The van der Waals surface area contributed by atoms with E-state index in [0.29, 0.717) is 29.7 Å². The minimum atomic E-state index is -0.348. The first kappa shape index (κ1) is 17.0. The second kappa shape index (κ2) is 8.98. The lowest BCUT2D eigenvalue weighted by Crippen LogP contribution is -2.24. The molecule has 0 heterocycles. The Morgan fingerprint density at radius 1 is 1.30 bits per heavy atom. The number of carbonyl (C=O) groups is 1. The monoisotopic (exact) mass is 298 g/mol. The number of carbonyl (C=O) groups excluding carboxylic acids is 1. The van der Waals surface area contributed by atoms with Crippen LogP contribution < -0.4 is 0 Å². The van der Waals surface area contributed by atoms with Gasteiger partial charge in [-0.15, -0.1) is 0 Å². The van der Waals surface area contributed by atoms with Crippen LogP contribution in [0.4, 0.5) is 0 Å². The van der Waals surface area contributed by atoms with Gasteiger partial charge in [-0.1, -0.05) is 44.9 Å². The normalized spacial score (nSPS) is 12.4. The maximum Gasteiger partial charge on any atom is 0.338 e. The summed E-state index contributed by atoms with van der Waals surface area (Å²) in [6, 6.07) is 6.78. The molecule has 0 fully saturated rings. The fourth-order valence-corrected chi connectivity index (χ4v) is 1.96. The molecule has 0 aromatic heterocycles. The highest BCUT2D eigenvalue weighted by Gasteiger charge is 2.16. The SMILES string of the molecule is CCCC(COCC(C)C)OC(=O)c1cccc(Cl)c1. The molecular weight excluding hydrogens is 276 g/mol. The number of ether oxygens (including phenoxy) is 2. The van der Waals surface area contributed by atoms with E-state index in [1.165, 1.54) is 0 Å². The summed E-state index contributed by atoms with van der Waals surface area (Å²) in [7, 11) is 0. The molecule has 3 nitrogen and oxygen atoms in total. The maximum absolute atomic E-state index is 12.0. The molecule has 0 saturated heterocycles. The lowest BCUT2D eigenvalue weighted by molar-refractivity contribution is -0.0117. The highest BCUT2D eigenvalue weighted by atomic mass is 35.5. The highest BCUT2D eigenvalue weighted by molar-refractivity contribution is 6.30. The molecule has 1 aromatic carbocycles. The first-order valence-electron chi connectivity index (χ1n) is 7.07. The number of hydrogen-bond acceptors (Lipinski definition) is 3. The van der Waals surface area contributed by atoms with Gasteiger partial charge in [-0.3, -0.25) is 0 Å². The Bertz CT molecular complexity index is 418. The molecule has 1 rings (SSSR count).